The third-order valence-electron chi connectivity index (χ3n) is 4.39. The molecule has 0 aromatic carbocycles. The summed E-state index contributed by atoms with van der Waals surface area (Å²) in [7, 11) is 0. The molecule has 1 heteroatoms. The van der Waals surface area contributed by atoms with Gasteiger partial charge in [-0.2, -0.15) is 0 Å². The minimum atomic E-state index is 0.151. The molecular formula is C14H24O. The largest absolute Gasteiger partial charge is 0.299 e. The van der Waals surface area contributed by atoms with Gasteiger partial charge >= 0.3 is 0 Å². The number of hydrogen-bond acceptors (Lipinski definition) is 1. The number of Topliss-reactive ketones (excluding diaryl/α,β-unsaturated/α-hetero) is 1. The topological polar surface area (TPSA) is 17.1 Å². The number of allylic oxidation sites excluding steroid dienone is 1. The molecule has 1 rings (SSSR count). The highest BCUT2D eigenvalue weighted by atomic mass is 16.1. The zero-order valence-electron chi connectivity index (χ0n) is 10.5. The lowest BCUT2D eigenvalue weighted by Crippen LogP contribution is -2.43. The van der Waals surface area contributed by atoms with Crippen LogP contribution < -0.4 is 0 Å². The van der Waals surface area contributed by atoms with Crippen molar-refractivity contribution in [2.45, 2.75) is 47.0 Å². The van der Waals surface area contributed by atoms with Gasteiger partial charge < -0.3 is 0 Å². The van der Waals surface area contributed by atoms with E-state index in [4.69, 9.17) is 0 Å². The van der Waals surface area contributed by atoms with Gasteiger partial charge in [0.1, 0.15) is 5.78 Å². The summed E-state index contributed by atoms with van der Waals surface area (Å²) in [6.07, 6.45) is 4.72. The lowest BCUT2D eigenvalue weighted by Gasteiger charge is -2.46. The third kappa shape index (κ3) is 2.32. The van der Waals surface area contributed by atoms with E-state index in [0.29, 0.717) is 24.0 Å². The molecule has 0 spiro atoms. The second-order valence-corrected chi connectivity index (χ2v) is 5.71. The molecule has 0 aromatic rings. The summed E-state index contributed by atoms with van der Waals surface area (Å²) in [4.78, 5) is 12.1. The van der Waals surface area contributed by atoms with Crippen LogP contribution in [0.4, 0.5) is 0 Å². The maximum atomic E-state index is 12.1. The van der Waals surface area contributed by atoms with Crippen LogP contribution in [-0.4, -0.2) is 5.78 Å². The van der Waals surface area contributed by atoms with Crippen LogP contribution in [0.3, 0.4) is 0 Å². The number of ketones is 1. The van der Waals surface area contributed by atoms with Crippen molar-refractivity contribution in [2.24, 2.45) is 23.2 Å². The minimum Gasteiger partial charge on any atom is -0.299 e. The first-order chi connectivity index (χ1) is 6.91. The number of rotatable bonds is 3. The van der Waals surface area contributed by atoms with Gasteiger partial charge in [0.25, 0.3) is 0 Å². The van der Waals surface area contributed by atoms with E-state index in [2.05, 4.69) is 34.3 Å². The van der Waals surface area contributed by atoms with E-state index in [1.807, 2.05) is 0 Å². The molecule has 0 amide bonds. The van der Waals surface area contributed by atoms with E-state index in [1.165, 1.54) is 12.8 Å². The molecule has 3 unspecified atom stereocenters. The predicted molar refractivity (Wildman–Crippen MR) is 64.7 cm³/mol. The van der Waals surface area contributed by atoms with Crippen LogP contribution in [0.15, 0.2) is 12.7 Å². The van der Waals surface area contributed by atoms with Crippen molar-refractivity contribution in [1.82, 2.24) is 0 Å². The third-order valence-corrected chi connectivity index (χ3v) is 4.39. The maximum Gasteiger partial charge on any atom is 0.140 e. The molecule has 15 heavy (non-hydrogen) atoms. The average Bonchev–Trinajstić information content (AvgIpc) is 2.12. The molecule has 0 N–H and O–H groups in total. The van der Waals surface area contributed by atoms with Gasteiger partial charge in [-0.15, -0.1) is 6.58 Å². The lowest BCUT2D eigenvalue weighted by atomic mass is 9.57. The zero-order chi connectivity index (χ0) is 11.6. The van der Waals surface area contributed by atoms with E-state index in [1.54, 1.807) is 6.08 Å². The molecule has 1 saturated carbocycles. The Labute approximate surface area is 93.9 Å². The summed E-state index contributed by atoms with van der Waals surface area (Å²) < 4.78 is 0. The van der Waals surface area contributed by atoms with Gasteiger partial charge in [0.05, 0.1) is 0 Å². The quantitative estimate of drug-likeness (QED) is 0.644. The molecule has 3 atom stereocenters. The van der Waals surface area contributed by atoms with E-state index in [-0.39, 0.29) is 11.3 Å². The summed E-state index contributed by atoms with van der Waals surface area (Å²) in [6.45, 7) is 12.7. The van der Waals surface area contributed by atoms with Gasteiger partial charge in [0.15, 0.2) is 0 Å². The Morgan fingerprint density at radius 1 is 1.40 bits per heavy atom. The molecule has 0 aliphatic heterocycles. The van der Waals surface area contributed by atoms with Crippen molar-refractivity contribution in [3.05, 3.63) is 12.7 Å². The first-order valence-corrected chi connectivity index (χ1v) is 6.04. The fourth-order valence-corrected chi connectivity index (χ4v) is 3.09. The normalized spacial score (nSPS) is 34.8. The highest BCUT2D eigenvalue weighted by Crippen LogP contribution is 2.48. The van der Waals surface area contributed by atoms with Gasteiger partial charge in [-0.3, -0.25) is 4.79 Å². The van der Waals surface area contributed by atoms with Gasteiger partial charge in [-0.25, -0.2) is 0 Å². The first kappa shape index (κ1) is 12.5. The van der Waals surface area contributed by atoms with Crippen LogP contribution in [0, 0.1) is 23.2 Å². The van der Waals surface area contributed by atoms with Crippen LogP contribution in [0.1, 0.15) is 47.0 Å². The zero-order valence-corrected chi connectivity index (χ0v) is 10.5. The van der Waals surface area contributed by atoms with Crippen molar-refractivity contribution >= 4 is 5.78 Å². The van der Waals surface area contributed by atoms with Crippen LogP contribution >= 0.6 is 0 Å². The van der Waals surface area contributed by atoms with Gasteiger partial charge in [-0.1, -0.05) is 33.8 Å². The minimum absolute atomic E-state index is 0.151. The van der Waals surface area contributed by atoms with E-state index in [0.717, 1.165) is 0 Å². The van der Waals surface area contributed by atoms with Crippen molar-refractivity contribution in [2.75, 3.05) is 0 Å². The Morgan fingerprint density at radius 2 is 2.00 bits per heavy atom. The molecule has 0 heterocycles. The maximum absolute atomic E-state index is 12.1. The summed E-state index contributed by atoms with van der Waals surface area (Å²) in [5.41, 5.74) is 0.151. The summed E-state index contributed by atoms with van der Waals surface area (Å²) in [5, 5.41) is 0. The van der Waals surface area contributed by atoms with Crippen molar-refractivity contribution < 1.29 is 4.79 Å². The second kappa shape index (κ2) is 4.51. The SMILES string of the molecule is C=CCC(=O)C1C(C)CCC(C)C1(C)C. The highest BCUT2D eigenvalue weighted by molar-refractivity contribution is 5.83. The first-order valence-electron chi connectivity index (χ1n) is 6.04. The Morgan fingerprint density at radius 3 is 2.53 bits per heavy atom. The Hall–Kier alpha value is -0.590. The molecule has 0 aromatic heterocycles. The molecule has 1 aliphatic rings. The molecule has 0 bridgehead atoms. The predicted octanol–water partition coefficient (Wildman–Crippen LogP) is 3.84. The van der Waals surface area contributed by atoms with Gasteiger partial charge in [0.2, 0.25) is 0 Å². The molecule has 1 aliphatic carbocycles. The van der Waals surface area contributed by atoms with E-state index >= 15 is 0 Å². The Balaban J connectivity index is 2.89. The van der Waals surface area contributed by atoms with Crippen LogP contribution in [0.2, 0.25) is 0 Å². The Kier molecular flexibility index (Phi) is 3.75. The highest BCUT2D eigenvalue weighted by Gasteiger charge is 2.44. The van der Waals surface area contributed by atoms with Gasteiger partial charge in [-0.05, 0) is 30.1 Å². The van der Waals surface area contributed by atoms with Crippen molar-refractivity contribution in [3.8, 4) is 0 Å². The monoisotopic (exact) mass is 208 g/mol. The van der Waals surface area contributed by atoms with Crippen LogP contribution in [-0.2, 0) is 4.79 Å². The average molecular weight is 208 g/mol. The molecule has 0 saturated heterocycles. The van der Waals surface area contributed by atoms with Crippen molar-refractivity contribution in [3.63, 3.8) is 0 Å². The summed E-state index contributed by atoms with van der Waals surface area (Å²) >= 11 is 0. The van der Waals surface area contributed by atoms with Crippen LogP contribution in [0.25, 0.3) is 0 Å². The molecule has 1 fully saturated rings. The Bertz CT molecular complexity index is 252. The van der Waals surface area contributed by atoms with Crippen LogP contribution in [0.5, 0.6) is 0 Å². The number of carbonyl (C=O) groups is 1. The van der Waals surface area contributed by atoms with Crippen molar-refractivity contribution in [1.29, 1.82) is 0 Å². The van der Waals surface area contributed by atoms with E-state index in [9.17, 15) is 4.79 Å². The smallest absolute Gasteiger partial charge is 0.140 e. The number of carbonyl (C=O) groups excluding carboxylic acids is 1. The summed E-state index contributed by atoms with van der Waals surface area (Å²) in [6, 6.07) is 0. The van der Waals surface area contributed by atoms with Gasteiger partial charge in [0, 0.05) is 12.3 Å². The lowest BCUT2D eigenvalue weighted by molar-refractivity contribution is -0.132. The molecule has 86 valence electrons. The summed E-state index contributed by atoms with van der Waals surface area (Å²) in [5.74, 6) is 1.78. The fourth-order valence-electron chi connectivity index (χ4n) is 3.09. The van der Waals surface area contributed by atoms with E-state index < -0.39 is 0 Å². The molecular weight excluding hydrogens is 184 g/mol. The standard InChI is InChI=1S/C14H24O/c1-6-7-12(15)13-10(2)8-9-11(3)14(13,4)5/h6,10-11,13H,1,7-9H2,2-5H3. The molecule has 1 nitrogen and oxygen atoms in total. The second-order valence-electron chi connectivity index (χ2n) is 5.71. The molecule has 0 radical (unpaired) electrons. The number of hydrogen-bond donors (Lipinski definition) is 0. The fraction of sp³-hybridized carbons (Fsp3) is 0.786.